The van der Waals surface area contributed by atoms with E-state index >= 15 is 0 Å². The fourth-order valence-electron chi connectivity index (χ4n) is 2.37. The van der Waals surface area contributed by atoms with Crippen molar-refractivity contribution in [3.05, 3.63) is 75.7 Å². The Kier molecular flexibility index (Phi) is 5.86. The van der Waals surface area contributed by atoms with Crippen molar-refractivity contribution in [1.82, 2.24) is 4.98 Å². The standard InChI is InChI=1S/C20H19NO4S/c1-14-21-17(13-26-14)12-24-18-9-7-15(8-10-18)20(22)25-11-16-5-3-4-6-19(16)23-2/h3-10,13H,11-12H2,1-2H3. The van der Waals surface area contributed by atoms with Crippen LogP contribution in [0.5, 0.6) is 11.5 Å². The molecule has 1 heterocycles. The molecule has 26 heavy (non-hydrogen) atoms. The van der Waals surface area contributed by atoms with Gasteiger partial charge >= 0.3 is 5.97 Å². The van der Waals surface area contributed by atoms with Crippen LogP contribution in [-0.4, -0.2) is 18.1 Å². The monoisotopic (exact) mass is 369 g/mol. The lowest BCUT2D eigenvalue weighted by Crippen LogP contribution is -2.06. The average molecular weight is 369 g/mol. The molecule has 0 atom stereocenters. The molecular weight excluding hydrogens is 350 g/mol. The normalized spacial score (nSPS) is 10.4. The molecule has 0 aliphatic carbocycles. The number of aromatic nitrogens is 1. The Balaban J connectivity index is 1.55. The minimum atomic E-state index is -0.391. The molecule has 0 bridgehead atoms. The number of rotatable bonds is 7. The first-order valence-corrected chi connectivity index (χ1v) is 8.96. The van der Waals surface area contributed by atoms with Gasteiger partial charge in [-0.05, 0) is 37.3 Å². The number of ether oxygens (including phenoxy) is 3. The van der Waals surface area contributed by atoms with E-state index in [1.165, 1.54) is 0 Å². The number of esters is 1. The molecule has 6 heteroatoms. The van der Waals surface area contributed by atoms with E-state index in [2.05, 4.69) is 4.98 Å². The predicted molar refractivity (Wildman–Crippen MR) is 99.7 cm³/mol. The maximum atomic E-state index is 12.2. The summed E-state index contributed by atoms with van der Waals surface area (Å²) >= 11 is 1.59. The highest BCUT2D eigenvalue weighted by Crippen LogP contribution is 2.20. The van der Waals surface area contributed by atoms with Crippen molar-refractivity contribution in [3.8, 4) is 11.5 Å². The highest BCUT2D eigenvalue weighted by Gasteiger charge is 2.10. The Hall–Kier alpha value is -2.86. The fraction of sp³-hybridized carbons (Fsp3) is 0.200. The van der Waals surface area contributed by atoms with Crippen LogP contribution in [0.2, 0.25) is 0 Å². The van der Waals surface area contributed by atoms with Gasteiger partial charge in [0.15, 0.2) is 0 Å². The van der Waals surface area contributed by atoms with E-state index < -0.39 is 5.97 Å². The number of carbonyl (C=O) groups excluding carboxylic acids is 1. The Morgan fingerprint density at radius 2 is 1.85 bits per heavy atom. The summed E-state index contributed by atoms with van der Waals surface area (Å²) < 4.78 is 16.3. The van der Waals surface area contributed by atoms with Crippen LogP contribution < -0.4 is 9.47 Å². The third-order valence-corrected chi connectivity index (χ3v) is 4.52. The van der Waals surface area contributed by atoms with Crippen molar-refractivity contribution >= 4 is 17.3 Å². The second kappa shape index (κ2) is 8.49. The largest absolute Gasteiger partial charge is 0.496 e. The van der Waals surface area contributed by atoms with Crippen LogP contribution in [-0.2, 0) is 18.0 Å². The number of thiazole rings is 1. The maximum Gasteiger partial charge on any atom is 0.338 e. The van der Waals surface area contributed by atoms with Gasteiger partial charge in [0, 0.05) is 10.9 Å². The number of hydrogen-bond donors (Lipinski definition) is 0. The fourth-order valence-corrected chi connectivity index (χ4v) is 2.97. The number of carbonyl (C=O) groups is 1. The first kappa shape index (κ1) is 17.9. The molecule has 2 aromatic carbocycles. The third-order valence-electron chi connectivity index (χ3n) is 3.69. The molecular formula is C20H19NO4S. The van der Waals surface area contributed by atoms with Gasteiger partial charge in [-0.3, -0.25) is 0 Å². The Morgan fingerprint density at radius 1 is 1.08 bits per heavy atom. The van der Waals surface area contributed by atoms with Gasteiger partial charge in [0.05, 0.1) is 23.4 Å². The van der Waals surface area contributed by atoms with E-state index in [4.69, 9.17) is 14.2 Å². The summed E-state index contributed by atoms with van der Waals surface area (Å²) in [7, 11) is 1.59. The highest BCUT2D eigenvalue weighted by molar-refractivity contribution is 7.09. The van der Waals surface area contributed by atoms with E-state index in [0.29, 0.717) is 23.7 Å². The summed E-state index contributed by atoms with van der Waals surface area (Å²) in [5, 5.41) is 2.98. The zero-order chi connectivity index (χ0) is 18.4. The molecule has 0 N–H and O–H groups in total. The quantitative estimate of drug-likeness (QED) is 0.578. The Morgan fingerprint density at radius 3 is 2.54 bits per heavy atom. The third kappa shape index (κ3) is 4.61. The van der Waals surface area contributed by atoms with Crippen LogP contribution in [0.3, 0.4) is 0 Å². The molecule has 0 fully saturated rings. The summed E-state index contributed by atoms with van der Waals surface area (Å²) in [5.41, 5.74) is 2.19. The molecule has 5 nitrogen and oxygen atoms in total. The Bertz CT molecular complexity index is 874. The SMILES string of the molecule is COc1ccccc1COC(=O)c1ccc(OCc2csc(C)n2)cc1. The lowest BCUT2D eigenvalue weighted by molar-refractivity contribution is 0.0470. The zero-order valence-corrected chi connectivity index (χ0v) is 15.4. The topological polar surface area (TPSA) is 57.7 Å². The molecule has 0 aliphatic heterocycles. The van der Waals surface area contributed by atoms with Crippen LogP contribution in [0.15, 0.2) is 53.9 Å². The first-order valence-electron chi connectivity index (χ1n) is 8.08. The minimum Gasteiger partial charge on any atom is -0.496 e. The van der Waals surface area contributed by atoms with Gasteiger partial charge in [0.25, 0.3) is 0 Å². The molecule has 0 aliphatic rings. The molecule has 0 unspecified atom stereocenters. The second-order valence-corrected chi connectivity index (χ2v) is 6.62. The number of nitrogens with zero attached hydrogens (tertiary/aromatic N) is 1. The van der Waals surface area contributed by atoms with Gasteiger partial charge < -0.3 is 14.2 Å². The molecule has 3 aromatic rings. The zero-order valence-electron chi connectivity index (χ0n) is 14.6. The van der Waals surface area contributed by atoms with Crippen LogP contribution in [0.1, 0.15) is 26.6 Å². The maximum absolute atomic E-state index is 12.2. The molecule has 134 valence electrons. The molecule has 0 saturated carbocycles. The smallest absolute Gasteiger partial charge is 0.338 e. The van der Waals surface area contributed by atoms with Crippen molar-refractivity contribution in [2.75, 3.05) is 7.11 Å². The van der Waals surface area contributed by atoms with Crippen LogP contribution in [0.4, 0.5) is 0 Å². The number of benzene rings is 2. The van der Waals surface area contributed by atoms with Gasteiger partial charge in [-0.25, -0.2) is 9.78 Å². The average Bonchev–Trinajstić information content (AvgIpc) is 3.10. The van der Waals surface area contributed by atoms with E-state index in [1.54, 1.807) is 42.7 Å². The van der Waals surface area contributed by atoms with Crippen molar-refractivity contribution in [2.45, 2.75) is 20.1 Å². The van der Waals surface area contributed by atoms with Crippen LogP contribution in [0.25, 0.3) is 0 Å². The molecule has 0 saturated heterocycles. The van der Waals surface area contributed by atoms with E-state index in [-0.39, 0.29) is 6.61 Å². The second-order valence-electron chi connectivity index (χ2n) is 5.56. The van der Waals surface area contributed by atoms with Gasteiger partial charge in [-0.15, -0.1) is 11.3 Å². The minimum absolute atomic E-state index is 0.157. The van der Waals surface area contributed by atoms with Gasteiger partial charge in [-0.2, -0.15) is 0 Å². The van der Waals surface area contributed by atoms with E-state index in [1.807, 2.05) is 36.6 Å². The molecule has 3 rings (SSSR count). The van der Waals surface area contributed by atoms with Crippen molar-refractivity contribution in [3.63, 3.8) is 0 Å². The van der Waals surface area contributed by atoms with Gasteiger partial charge in [0.1, 0.15) is 24.7 Å². The van der Waals surface area contributed by atoms with Crippen molar-refractivity contribution < 1.29 is 19.0 Å². The van der Waals surface area contributed by atoms with Gasteiger partial charge in [0.2, 0.25) is 0 Å². The summed E-state index contributed by atoms with van der Waals surface area (Å²) in [6, 6.07) is 14.3. The number of hydrogen-bond acceptors (Lipinski definition) is 6. The number of para-hydroxylation sites is 1. The van der Waals surface area contributed by atoms with Crippen LogP contribution >= 0.6 is 11.3 Å². The first-order chi connectivity index (χ1) is 12.7. The highest BCUT2D eigenvalue weighted by atomic mass is 32.1. The summed E-state index contributed by atoms with van der Waals surface area (Å²) in [5.74, 6) is 0.982. The number of aryl methyl sites for hydroxylation is 1. The molecule has 0 radical (unpaired) electrons. The molecule has 0 amide bonds. The van der Waals surface area contributed by atoms with E-state index in [9.17, 15) is 4.79 Å². The number of methoxy groups -OCH3 is 1. The van der Waals surface area contributed by atoms with Gasteiger partial charge in [-0.1, -0.05) is 18.2 Å². The van der Waals surface area contributed by atoms with Crippen molar-refractivity contribution in [1.29, 1.82) is 0 Å². The Labute approximate surface area is 156 Å². The summed E-state index contributed by atoms with van der Waals surface area (Å²) in [6.45, 7) is 2.52. The molecule has 1 aromatic heterocycles. The molecule has 0 spiro atoms. The lowest BCUT2D eigenvalue weighted by atomic mass is 10.2. The lowest BCUT2D eigenvalue weighted by Gasteiger charge is -2.09. The van der Waals surface area contributed by atoms with E-state index in [0.717, 1.165) is 16.3 Å². The summed E-state index contributed by atoms with van der Waals surface area (Å²) in [6.07, 6.45) is 0. The predicted octanol–water partition coefficient (Wildman–Crippen LogP) is 4.40. The van der Waals surface area contributed by atoms with Crippen LogP contribution in [0, 0.1) is 6.92 Å². The summed E-state index contributed by atoms with van der Waals surface area (Å²) in [4.78, 5) is 16.5. The van der Waals surface area contributed by atoms with Crippen molar-refractivity contribution in [2.24, 2.45) is 0 Å².